The van der Waals surface area contributed by atoms with Crippen molar-refractivity contribution in [1.29, 1.82) is 0 Å². The average molecular weight is 736 g/mol. The number of hydrogen-bond donors (Lipinski definition) is 3. The lowest BCUT2D eigenvalue weighted by molar-refractivity contribution is -0.139. The minimum Gasteiger partial charge on any atom is -0.481 e. The molecule has 3 heterocycles. The third-order valence-electron chi connectivity index (χ3n) is 8.59. The molecule has 0 amide bonds. The van der Waals surface area contributed by atoms with Crippen LogP contribution < -0.4 is 19.5 Å². The number of methoxy groups -OCH3 is 2. The van der Waals surface area contributed by atoms with Crippen LogP contribution in [0.15, 0.2) is 64.1 Å². The van der Waals surface area contributed by atoms with Crippen LogP contribution in [0.1, 0.15) is 54.0 Å². The number of carbonyl (C=O) groups is 1. The molecule has 0 saturated carbocycles. The second-order valence-corrected chi connectivity index (χ2v) is 12.9. The molecule has 3 N–H and O–H groups in total. The number of aliphatic carboxylic acids is 1. The molecule has 0 saturated heterocycles. The summed E-state index contributed by atoms with van der Waals surface area (Å²) in [6.07, 6.45) is 1.70. The molecule has 2 aromatic heterocycles. The lowest BCUT2D eigenvalue weighted by Crippen LogP contribution is -2.20. The van der Waals surface area contributed by atoms with E-state index >= 15 is 0 Å². The fourth-order valence-corrected chi connectivity index (χ4v) is 7.12. The summed E-state index contributed by atoms with van der Waals surface area (Å²) in [4.78, 5) is 24.8. The Kier molecular flexibility index (Phi) is 10.5. The van der Waals surface area contributed by atoms with Gasteiger partial charge in [-0.25, -0.2) is 4.98 Å². The number of fused-ring (bicyclic) bond motifs is 1. The first-order valence-corrected chi connectivity index (χ1v) is 17.0. The van der Waals surface area contributed by atoms with Gasteiger partial charge in [-0.1, -0.05) is 48.0 Å². The van der Waals surface area contributed by atoms with Gasteiger partial charge in [-0.2, -0.15) is 4.98 Å². The molecule has 250 valence electrons. The van der Waals surface area contributed by atoms with Crippen LogP contribution >= 0.6 is 27.5 Å². The molecular formula is C36H36BrClN4O6. The SMILES string of the molecule is COc1nc(O[C@H]2CCc3c(-c4cccc(-c5ccc(C6=NCCN6)c(OC)n5)c4Cl)cccc32)c(Br)cc1CCC[C@@H](O)CC(=O)O. The van der Waals surface area contributed by atoms with Gasteiger partial charge in [0.25, 0.3) is 0 Å². The van der Waals surface area contributed by atoms with Crippen LogP contribution in [0.4, 0.5) is 0 Å². The van der Waals surface area contributed by atoms with Crippen molar-refractivity contribution < 1.29 is 29.2 Å². The summed E-state index contributed by atoms with van der Waals surface area (Å²) in [5.74, 6) is 1.11. The largest absolute Gasteiger partial charge is 0.481 e. The van der Waals surface area contributed by atoms with Crippen molar-refractivity contribution in [1.82, 2.24) is 15.3 Å². The van der Waals surface area contributed by atoms with Crippen LogP contribution in [-0.2, 0) is 17.6 Å². The number of aromatic nitrogens is 2. The molecule has 0 radical (unpaired) electrons. The number of aliphatic hydroxyl groups excluding tert-OH is 1. The summed E-state index contributed by atoms with van der Waals surface area (Å²) in [5.41, 5.74) is 7.38. The Hall–Kier alpha value is -4.19. The smallest absolute Gasteiger partial charge is 0.305 e. The molecule has 10 nitrogen and oxygen atoms in total. The Morgan fingerprint density at radius 3 is 2.54 bits per heavy atom. The summed E-state index contributed by atoms with van der Waals surface area (Å²) >= 11 is 10.8. The number of benzene rings is 2. The third-order valence-corrected chi connectivity index (χ3v) is 9.56. The van der Waals surface area contributed by atoms with Crippen molar-refractivity contribution >= 4 is 39.3 Å². The number of halogens is 2. The fourth-order valence-electron chi connectivity index (χ4n) is 6.33. The highest BCUT2D eigenvalue weighted by molar-refractivity contribution is 9.10. The van der Waals surface area contributed by atoms with Gasteiger partial charge in [-0.3, -0.25) is 9.79 Å². The second kappa shape index (κ2) is 14.9. The average Bonchev–Trinajstić information content (AvgIpc) is 3.76. The van der Waals surface area contributed by atoms with Crippen molar-refractivity contribution in [3.63, 3.8) is 0 Å². The molecule has 2 aliphatic rings. The van der Waals surface area contributed by atoms with Crippen LogP contribution in [-0.4, -0.2) is 65.4 Å². The molecule has 2 aromatic carbocycles. The van der Waals surface area contributed by atoms with Gasteiger partial charge in [-0.05, 0) is 82.9 Å². The molecule has 2 atom stereocenters. The highest BCUT2D eigenvalue weighted by Crippen LogP contribution is 2.44. The summed E-state index contributed by atoms with van der Waals surface area (Å²) in [5, 5.41) is 22.7. The van der Waals surface area contributed by atoms with Gasteiger partial charge in [0.1, 0.15) is 11.9 Å². The predicted octanol–water partition coefficient (Wildman–Crippen LogP) is 6.82. The number of nitrogens with one attached hydrogen (secondary N) is 1. The van der Waals surface area contributed by atoms with Crippen LogP contribution in [0.2, 0.25) is 5.02 Å². The molecule has 0 spiro atoms. The van der Waals surface area contributed by atoms with Crippen molar-refractivity contribution in [2.45, 2.75) is 50.7 Å². The quantitative estimate of drug-likeness (QED) is 0.135. The third kappa shape index (κ3) is 7.13. The first-order valence-electron chi connectivity index (χ1n) is 15.8. The van der Waals surface area contributed by atoms with Crippen molar-refractivity contribution in [2.24, 2.45) is 4.99 Å². The molecule has 1 aliphatic carbocycles. The zero-order chi connectivity index (χ0) is 33.8. The van der Waals surface area contributed by atoms with Crippen LogP contribution in [0.25, 0.3) is 22.4 Å². The zero-order valence-electron chi connectivity index (χ0n) is 26.6. The Bertz CT molecular complexity index is 1870. The summed E-state index contributed by atoms with van der Waals surface area (Å²) in [6.45, 7) is 1.52. The fraction of sp³-hybridized carbons (Fsp3) is 0.333. The van der Waals surface area contributed by atoms with E-state index in [4.69, 9.17) is 35.9 Å². The van der Waals surface area contributed by atoms with E-state index in [1.54, 1.807) is 14.2 Å². The first-order chi connectivity index (χ1) is 23.3. The topological polar surface area (TPSA) is 135 Å². The molecular weight excluding hydrogens is 700 g/mol. The Labute approximate surface area is 292 Å². The molecule has 0 bridgehead atoms. The van der Waals surface area contributed by atoms with Gasteiger partial charge in [0.05, 0.1) is 54.0 Å². The minimum atomic E-state index is -1.02. The number of amidine groups is 1. The lowest BCUT2D eigenvalue weighted by Gasteiger charge is -2.18. The monoisotopic (exact) mass is 734 g/mol. The Morgan fingerprint density at radius 2 is 1.79 bits per heavy atom. The van der Waals surface area contributed by atoms with Crippen LogP contribution in [0.3, 0.4) is 0 Å². The summed E-state index contributed by atoms with van der Waals surface area (Å²) in [6, 6.07) is 18.0. The molecule has 4 aromatic rings. The van der Waals surface area contributed by atoms with E-state index in [2.05, 4.69) is 43.4 Å². The second-order valence-electron chi connectivity index (χ2n) is 11.7. The zero-order valence-corrected chi connectivity index (χ0v) is 29.0. The van der Waals surface area contributed by atoms with Crippen molar-refractivity contribution in [2.75, 3.05) is 27.3 Å². The van der Waals surface area contributed by atoms with E-state index in [1.165, 1.54) is 5.56 Å². The minimum absolute atomic E-state index is 0.224. The van der Waals surface area contributed by atoms with Gasteiger partial charge in [0, 0.05) is 23.2 Å². The van der Waals surface area contributed by atoms with E-state index in [9.17, 15) is 9.90 Å². The number of hydrogen-bond acceptors (Lipinski definition) is 9. The van der Waals surface area contributed by atoms with E-state index in [0.717, 1.165) is 65.1 Å². The maximum absolute atomic E-state index is 10.9. The van der Waals surface area contributed by atoms with Gasteiger partial charge < -0.3 is 29.7 Å². The maximum Gasteiger partial charge on any atom is 0.305 e. The number of aliphatic imine (C=N–C) groups is 1. The van der Waals surface area contributed by atoms with Crippen LogP contribution in [0.5, 0.6) is 17.6 Å². The molecule has 0 fully saturated rings. The van der Waals surface area contributed by atoms with Crippen LogP contribution in [0, 0.1) is 0 Å². The number of carboxylic acids is 1. The van der Waals surface area contributed by atoms with Crippen molar-refractivity contribution in [3.8, 4) is 40.0 Å². The molecule has 12 heteroatoms. The number of pyridine rings is 2. The number of aliphatic hydroxyl groups is 1. The van der Waals surface area contributed by atoms with E-state index in [1.807, 2.05) is 42.5 Å². The Balaban J connectivity index is 1.23. The maximum atomic E-state index is 10.9. The standard InChI is InChI=1S/C36H36BrClN4O6/c1-46-34-20(6-3-7-21(43)19-31(44)45)18-28(37)36(42-34)48-30-15-13-23-22(8-4-9-24(23)30)25-10-5-11-26(32(25)38)29-14-12-27(35(41-29)47-2)33-39-16-17-40-33/h4-5,8-12,14,18,21,30,43H,3,6-7,13,15-17,19H2,1-2H3,(H,39,40)(H,44,45)/t21-,30+/m1/s1. The normalized spacial score (nSPS) is 15.8. The van der Waals surface area contributed by atoms with Gasteiger partial charge >= 0.3 is 5.97 Å². The Morgan fingerprint density at radius 1 is 1.02 bits per heavy atom. The number of carboxylic acid groups (broad SMARTS) is 1. The van der Waals surface area contributed by atoms with E-state index in [-0.39, 0.29) is 12.5 Å². The first kappa shape index (κ1) is 33.7. The number of ether oxygens (including phenoxy) is 3. The summed E-state index contributed by atoms with van der Waals surface area (Å²) in [7, 11) is 3.16. The highest BCUT2D eigenvalue weighted by Gasteiger charge is 2.29. The molecule has 1 aliphatic heterocycles. The van der Waals surface area contributed by atoms with E-state index in [0.29, 0.717) is 52.1 Å². The molecule has 48 heavy (non-hydrogen) atoms. The summed E-state index contributed by atoms with van der Waals surface area (Å²) < 4.78 is 18.4. The number of nitrogens with zero attached hydrogens (tertiary/aromatic N) is 3. The number of aryl methyl sites for hydroxylation is 1. The predicted molar refractivity (Wildman–Crippen MR) is 187 cm³/mol. The lowest BCUT2D eigenvalue weighted by atomic mass is 9.94. The molecule has 6 rings (SSSR count). The van der Waals surface area contributed by atoms with E-state index < -0.39 is 12.1 Å². The molecule has 0 unspecified atom stereocenters. The number of rotatable bonds is 13. The van der Waals surface area contributed by atoms with Gasteiger partial charge in [-0.15, -0.1) is 0 Å². The van der Waals surface area contributed by atoms with Gasteiger partial charge in [0.2, 0.25) is 17.6 Å². The van der Waals surface area contributed by atoms with Crippen molar-refractivity contribution in [3.05, 3.63) is 86.3 Å². The highest BCUT2D eigenvalue weighted by atomic mass is 79.9. The van der Waals surface area contributed by atoms with Gasteiger partial charge in [0.15, 0.2) is 0 Å².